The molecule has 0 saturated carbocycles. The van der Waals surface area contributed by atoms with Gasteiger partial charge < -0.3 is 15.3 Å². The van der Waals surface area contributed by atoms with Crippen LogP contribution < -0.4 is 10.2 Å². The van der Waals surface area contributed by atoms with Crippen molar-refractivity contribution in [3.05, 3.63) is 30.3 Å². The second-order valence-electron chi connectivity index (χ2n) is 4.95. The molecular formula is C15H24N2O2. The van der Waals surface area contributed by atoms with E-state index < -0.39 is 6.10 Å². The normalized spacial score (nSPS) is 13.7. The summed E-state index contributed by atoms with van der Waals surface area (Å²) in [6.07, 6.45) is 0.428. The molecule has 4 nitrogen and oxygen atoms in total. The molecule has 0 saturated heterocycles. The number of amides is 1. The van der Waals surface area contributed by atoms with Gasteiger partial charge in [0.1, 0.15) is 0 Å². The summed E-state index contributed by atoms with van der Waals surface area (Å²) in [6, 6.07) is 9.75. The number of hydrogen-bond acceptors (Lipinski definition) is 3. The SMILES string of the molecule is CCC(C)C(O)CNC(=O)CN(C)c1ccccc1. The van der Waals surface area contributed by atoms with Crippen LogP contribution in [0.2, 0.25) is 0 Å². The Balaban J connectivity index is 2.35. The quantitative estimate of drug-likeness (QED) is 0.787. The fourth-order valence-electron chi connectivity index (χ4n) is 1.74. The number of nitrogens with one attached hydrogen (secondary N) is 1. The zero-order valence-electron chi connectivity index (χ0n) is 12.0. The first kappa shape index (κ1) is 15.5. The number of anilines is 1. The molecule has 2 atom stereocenters. The van der Waals surface area contributed by atoms with E-state index in [0.29, 0.717) is 6.54 Å². The van der Waals surface area contributed by atoms with Gasteiger partial charge in [-0.15, -0.1) is 0 Å². The molecule has 0 aliphatic rings. The van der Waals surface area contributed by atoms with E-state index in [1.165, 1.54) is 0 Å². The summed E-state index contributed by atoms with van der Waals surface area (Å²) in [5.41, 5.74) is 1.00. The number of carbonyl (C=O) groups is 1. The number of aliphatic hydroxyl groups is 1. The standard InChI is InChI=1S/C15H24N2O2/c1-4-12(2)14(18)10-16-15(19)11-17(3)13-8-6-5-7-9-13/h5-9,12,14,18H,4,10-11H2,1-3H3,(H,16,19). The van der Waals surface area contributed by atoms with Gasteiger partial charge in [-0.05, 0) is 18.1 Å². The van der Waals surface area contributed by atoms with Crippen LogP contribution in [-0.4, -0.2) is 37.3 Å². The molecule has 19 heavy (non-hydrogen) atoms. The van der Waals surface area contributed by atoms with Crippen molar-refractivity contribution in [1.82, 2.24) is 5.32 Å². The zero-order chi connectivity index (χ0) is 14.3. The number of benzene rings is 1. The Bertz CT molecular complexity index is 381. The van der Waals surface area contributed by atoms with Crippen LogP contribution in [0.25, 0.3) is 0 Å². The van der Waals surface area contributed by atoms with Crippen molar-refractivity contribution < 1.29 is 9.90 Å². The van der Waals surface area contributed by atoms with Crippen molar-refractivity contribution >= 4 is 11.6 Å². The first-order chi connectivity index (χ1) is 9.04. The van der Waals surface area contributed by atoms with E-state index >= 15 is 0 Å². The molecular weight excluding hydrogens is 240 g/mol. The average Bonchev–Trinajstić information content (AvgIpc) is 2.44. The van der Waals surface area contributed by atoms with Crippen molar-refractivity contribution in [1.29, 1.82) is 0 Å². The van der Waals surface area contributed by atoms with Gasteiger partial charge in [-0.1, -0.05) is 38.5 Å². The Morgan fingerprint density at radius 3 is 2.58 bits per heavy atom. The van der Waals surface area contributed by atoms with Crippen LogP contribution in [0.1, 0.15) is 20.3 Å². The van der Waals surface area contributed by atoms with E-state index in [9.17, 15) is 9.90 Å². The third-order valence-electron chi connectivity index (χ3n) is 3.39. The van der Waals surface area contributed by atoms with E-state index in [2.05, 4.69) is 5.32 Å². The van der Waals surface area contributed by atoms with Crippen LogP contribution in [0.5, 0.6) is 0 Å². The average molecular weight is 264 g/mol. The molecule has 0 aromatic heterocycles. The minimum Gasteiger partial charge on any atom is -0.391 e. The van der Waals surface area contributed by atoms with Crippen LogP contribution in [0.3, 0.4) is 0 Å². The largest absolute Gasteiger partial charge is 0.391 e. The van der Waals surface area contributed by atoms with Crippen LogP contribution in [0.4, 0.5) is 5.69 Å². The van der Waals surface area contributed by atoms with E-state index in [-0.39, 0.29) is 18.4 Å². The topological polar surface area (TPSA) is 52.6 Å². The van der Waals surface area contributed by atoms with Gasteiger partial charge in [0, 0.05) is 19.3 Å². The molecule has 4 heteroatoms. The summed E-state index contributed by atoms with van der Waals surface area (Å²) < 4.78 is 0. The van der Waals surface area contributed by atoms with Crippen molar-refractivity contribution in [2.45, 2.75) is 26.4 Å². The number of rotatable bonds is 7. The second-order valence-corrected chi connectivity index (χ2v) is 4.95. The van der Waals surface area contributed by atoms with Gasteiger partial charge in [0.25, 0.3) is 0 Å². The molecule has 2 N–H and O–H groups in total. The summed E-state index contributed by atoms with van der Waals surface area (Å²) in [5, 5.41) is 12.6. The third-order valence-corrected chi connectivity index (χ3v) is 3.39. The molecule has 0 bridgehead atoms. The van der Waals surface area contributed by atoms with Crippen LogP contribution >= 0.6 is 0 Å². The van der Waals surface area contributed by atoms with Crippen LogP contribution in [0.15, 0.2) is 30.3 Å². The highest BCUT2D eigenvalue weighted by Gasteiger charge is 2.14. The van der Waals surface area contributed by atoms with Gasteiger partial charge in [-0.25, -0.2) is 0 Å². The minimum absolute atomic E-state index is 0.0753. The molecule has 0 radical (unpaired) electrons. The number of aliphatic hydroxyl groups excluding tert-OH is 1. The Kier molecular flexibility index (Phi) is 6.36. The van der Waals surface area contributed by atoms with Crippen molar-refractivity contribution in [2.24, 2.45) is 5.92 Å². The predicted octanol–water partition coefficient (Wildman–Crippen LogP) is 1.65. The first-order valence-corrected chi connectivity index (χ1v) is 6.75. The lowest BCUT2D eigenvalue weighted by atomic mass is 10.0. The van der Waals surface area contributed by atoms with Gasteiger partial charge in [-0.3, -0.25) is 4.79 Å². The Labute approximate surface area is 115 Å². The first-order valence-electron chi connectivity index (χ1n) is 6.75. The lowest BCUT2D eigenvalue weighted by Crippen LogP contribution is -2.40. The number of likely N-dealkylation sites (N-methyl/N-ethyl adjacent to an activating group) is 1. The van der Waals surface area contributed by atoms with Gasteiger partial charge in [0.05, 0.1) is 12.6 Å². The molecule has 2 unspecified atom stereocenters. The summed E-state index contributed by atoms with van der Waals surface area (Å²) in [5.74, 6) is 0.126. The fraction of sp³-hybridized carbons (Fsp3) is 0.533. The molecule has 1 aromatic rings. The van der Waals surface area contributed by atoms with Crippen molar-refractivity contribution in [3.63, 3.8) is 0 Å². The number of para-hydroxylation sites is 1. The van der Waals surface area contributed by atoms with Gasteiger partial charge >= 0.3 is 0 Å². The van der Waals surface area contributed by atoms with E-state index in [1.54, 1.807) is 0 Å². The molecule has 0 aliphatic heterocycles. The van der Waals surface area contributed by atoms with E-state index in [1.807, 2.05) is 56.1 Å². The molecule has 1 aromatic carbocycles. The van der Waals surface area contributed by atoms with Gasteiger partial charge in [-0.2, -0.15) is 0 Å². The summed E-state index contributed by atoms with van der Waals surface area (Å²) in [7, 11) is 1.88. The highest BCUT2D eigenvalue weighted by Crippen LogP contribution is 2.10. The predicted molar refractivity (Wildman–Crippen MR) is 78.2 cm³/mol. The Morgan fingerprint density at radius 1 is 1.37 bits per heavy atom. The minimum atomic E-state index is -0.476. The van der Waals surface area contributed by atoms with Crippen molar-refractivity contribution in [3.8, 4) is 0 Å². The summed E-state index contributed by atoms with van der Waals surface area (Å²) >= 11 is 0. The highest BCUT2D eigenvalue weighted by atomic mass is 16.3. The number of nitrogens with zero attached hydrogens (tertiary/aromatic N) is 1. The lowest BCUT2D eigenvalue weighted by molar-refractivity contribution is -0.120. The maximum absolute atomic E-state index is 11.8. The zero-order valence-corrected chi connectivity index (χ0v) is 12.0. The highest BCUT2D eigenvalue weighted by molar-refractivity contribution is 5.81. The summed E-state index contributed by atoms with van der Waals surface area (Å²) in [4.78, 5) is 13.7. The molecule has 106 valence electrons. The smallest absolute Gasteiger partial charge is 0.239 e. The van der Waals surface area contributed by atoms with Crippen LogP contribution in [0, 0.1) is 5.92 Å². The number of hydrogen-bond donors (Lipinski definition) is 2. The van der Waals surface area contributed by atoms with E-state index in [0.717, 1.165) is 12.1 Å². The maximum Gasteiger partial charge on any atom is 0.239 e. The number of carbonyl (C=O) groups excluding carboxylic acids is 1. The molecule has 1 rings (SSSR count). The third kappa shape index (κ3) is 5.30. The van der Waals surface area contributed by atoms with Gasteiger partial charge in [0.15, 0.2) is 0 Å². The molecule has 0 fully saturated rings. The second kappa shape index (κ2) is 7.79. The van der Waals surface area contributed by atoms with Gasteiger partial charge in [0.2, 0.25) is 5.91 Å². The van der Waals surface area contributed by atoms with Crippen LogP contribution in [-0.2, 0) is 4.79 Å². The molecule has 0 heterocycles. The monoisotopic (exact) mass is 264 g/mol. The Hall–Kier alpha value is -1.55. The molecule has 0 spiro atoms. The Morgan fingerprint density at radius 2 is 2.00 bits per heavy atom. The fourth-order valence-corrected chi connectivity index (χ4v) is 1.74. The lowest BCUT2D eigenvalue weighted by Gasteiger charge is -2.21. The summed E-state index contributed by atoms with van der Waals surface area (Å²) in [6.45, 7) is 4.61. The van der Waals surface area contributed by atoms with Crippen molar-refractivity contribution in [2.75, 3.05) is 25.0 Å². The van der Waals surface area contributed by atoms with E-state index in [4.69, 9.17) is 0 Å². The maximum atomic E-state index is 11.8. The molecule has 0 aliphatic carbocycles. The molecule has 1 amide bonds.